The molecular formula is C51H66N10O9S. The Morgan fingerprint density at radius 1 is 0.901 bits per heavy atom. The first kappa shape index (κ1) is 52.9. The number of aryl methyl sites for hydroxylation is 1. The molecule has 0 spiro atoms. The Kier molecular flexibility index (Phi) is 19.4. The zero-order valence-corrected chi connectivity index (χ0v) is 41.8. The normalized spacial score (nSPS) is 17.6. The highest BCUT2D eigenvalue weighted by Gasteiger charge is 2.44. The van der Waals surface area contributed by atoms with E-state index in [1.807, 2.05) is 86.1 Å². The van der Waals surface area contributed by atoms with Crippen LogP contribution in [-0.4, -0.2) is 168 Å². The monoisotopic (exact) mass is 994 g/mol. The number of β-amino-alcohol motifs (C(OH)–C–C–N with tert-alkyl or cyclic N) is 1. The second-order valence-electron chi connectivity index (χ2n) is 18.7. The van der Waals surface area contributed by atoms with Crippen LogP contribution in [0.25, 0.3) is 27.5 Å². The maximum Gasteiger partial charge on any atom is 0.246 e. The number of ether oxygens (including phenoxy) is 5. The van der Waals surface area contributed by atoms with Gasteiger partial charge in [-0.25, -0.2) is 15.0 Å². The van der Waals surface area contributed by atoms with Gasteiger partial charge in [0, 0.05) is 51.4 Å². The van der Waals surface area contributed by atoms with E-state index in [2.05, 4.69) is 36.9 Å². The summed E-state index contributed by atoms with van der Waals surface area (Å²) in [5.41, 5.74) is 6.97. The average molecular weight is 995 g/mol. The van der Waals surface area contributed by atoms with Gasteiger partial charge in [0.15, 0.2) is 0 Å². The molecule has 0 bridgehead atoms. The highest BCUT2D eigenvalue weighted by molar-refractivity contribution is 7.13. The lowest BCUT2D eigenvalue weighted by molar-refractivity contribution is -0.144. The van der Waals surface area contributed by atoms with Crippen LogP contribution >= 0.6 is 11.3 Å². The van der Waals surface area contributed by atoms with E-state index >= 15 is 0 Å². The highest BCUT2D eigenvalue weighted by Crippen LogP contribution is 2.29. The molecule has 2 saturated heterocycles. The second-order valence-corrected chi connectivity index (χ2v) is 19.5. The zero-order chi connectivity index (χ0) is 50.2. The number of fused-ring (bicyclic) bond motifs is 1. The van der Waals surface area contributed by atoms with Gasteiger partial charge in [-0.05, 0) is 54.2 Å². The van der Waals surface area contributed by atoms with Crippen molar-refractivity contribution in [1.82, 2.24) is 39.8 Å². The first-order valence-corrected chi connectivity index (χ1v) is 25.0. The van der Waals surface area contributed by atoms with Gasteiger partial charge in [-0.1, -0.05) is 51.1 Å². The van der Waals surface area contributed by atoms with Gasteiger partial charge in [0.2, 0.25) is 17.7 Å². The van der Waals surface area contributed by atoms with Crippen molar-refractivity contribution >= 4 is 40.5 Å². The lowest BCUT2D eigenvalue weighted by Gasteiger charge is -2.35. The number of hydrogen-bond acceptors (Lipinski definition) is 16. The van der Waals surface area contributed by atoms with Gasteiger partial charge < -0.3 is 49.6 Å². The minimum Gasteiger partial charge on any atom is -0.391 e. The van der Waals surface area contributed by atoms with Gasteiger partial charge in [-0.2, -0.15) is 5.26 Å². The van der Waals surface area contributed by atoms with Crippen molar-refractivity contribution < 1.29 is 43.2 Å². The van der Waals surface area contributed by atoms with Crippen molar-refractivity contribution in [3.05, 3.63) is 89.3 Å². The number of imidazole rings is 1. The van der Waals surface area contributed by atoms with Crippen molar-refractivity contribution in [2.45, 2.75) is 71.3 Å². The van der Waals surface area contributed by atoms with Crippen molar-refractivity contribution in [3.63, 3.8) is 0 Å². The quantitative estimate of drug-likeness (QED) is 0.0573. The molecular weight excluding hydrogens is 929 g/mol. The Morgan fingerprint density at radius 3 is 2.28 bits per heavy atom. The number of anilines is 1. The lowest BCUT2D eigenvalue weighted by Crippen LogP contribution is -2.58. The minimum atomic E-state index is -0.960. The summed E-state index contributed by atoms with van der Waals surface area (Å²) in [7, 11) is 0. The third-order valence-electron chi connectivity index (χ3n) is 12.3. The number of amides is 3. The first-order chi connectivity index (χ1) is 34.4. The molecule has 380 valence electrons. The summed E-state index contributed by atoms with van der Waals surface area (Å²) in [4.78, 5) is 58.7. The van der Waals surface area contributed by atoms with Crippen LogP contribution in [0.4, 0.5) is 5.82 Å². The molecule has 7 rings (SSSR count). The smallest absolute Gasteiger partial charge is 0.246 e. The number of nitriles is 1. The summed E-state index contributed by atoms with van der Waals surface area (Å²) in [5.74, 6) is -0.486. The van der Waals surface area contributed by atoms with E-state index in [4.69, 9.17) is 28.7 Å². The largest absolute Gasteiger partial charge is 0.391 e. The fraction of sp³-hybridized carbons (Fsp3) is 0.510. The Bertz CT molecular complexity index is 2560. The SMILES string of the molecule is Cc1ncsc1-c1ccc(CNC(=O)[C@@H]2C[C@@H](O)CN2C(=O)[C@@H](NC(=O)COCCOCCOCCOCCOCCN2CCC(Nc3cccc(-c4cnc5ccc(C#N)cn45)n3)C2)C(C)(C)C)cc1. The van der Waals surface area contributed by atoms with Crippen LogP contribution in [0.15, 0.2) is 72.5 Å². The number of likely N-dealkylation sites (tertiary alicyclic amines) is 2. The van der Waals surface area contributed by atoms with Crippen molar-refractivity contribution in [1.29, 1.82) is 5.26 Å². The highest BCUT2D eigenvalue weighted by atomic mass is 32.1. The van der Waals surface area contributed by atoms with E-state index in [-0.39, 0.29) is 51.3 Å². The van der Waals surface area contributed by atoms with Crippen molar-refractivity contribution in [3.8, 4) is 27.9 Å². The summed E-state index contributed by atoms with van der Waals surface area (Å²) in [6.07, 6.45) is 3.79. The molecule has 2 aliphatic rings. The summed E-state index contributed by atoms with van der Waals surface area (Å²) in [5, 5.41) is 29.2. The molecule has 0 radical (unpaired) electrons. The Hall–Kier alpha value is -5.89. The Morgan fingerprint density at radius 2 is 1.61 bits per heavy atom. The molecule has 71 heavy (non-hydrogen) atoms. The standard InChI is InChI=1S/C51H66N10O9S/c1-35-47(71-34-55-35)38-11-8-36(9-12-38)28-54-49(64)42-26-40(62)32-61(42)50(65)48(51(2,3)4)58-46(63)33-70-25-24-69-23-22-68-21-20-67-19-18-66-17-16-59-15-14-39(31-59)56-44-7-5-6-41(57-44)43-29-53-45-13-10-37(27-52)30-60(43)45/h5-13,29-30,34,39-40,42,48,62H,14-26,28,31-33H2,1-4H3,(H,54,64)(H,56,57)(H,58,63)/t39?,40-,42+,48-/m1/s1. The number of aromatic nitrogens is 4. The van der Waals surface area contributed by atoms with E-state index in [1.165, 1.54) is 4.90 Å². The molecule has 4 N–H and O–H groups in total. The molecule has 19 nitrogen and oxygen atoms in total. The third kappa shape index (κ3) is 15.3. The summed E-state index contributed by atoms with van der Waals surface area (Å²) in [6.45, 7) is 13.7. The molecule has 4 atom stereocenters. The number of carbonyl (C=O) groups excluding carboxylic acids is 3. The molecule has 2 aliphatic heterocycles. The predicted octanol–water partition coefficient (Wildman–Crippen LogP) is 4.08. The number of rotatable bonds is 26. The van der Waals surface area contributed by atoms with E-state index in [0.717, 1.165) is 70.6 Å². The number of carbonyl (C=O) groups is 3. The van der Waals surface area contributed by atoms with Crippen LogP contribution in [0.3, 0.4) is 0 Å². The molecule has 3 amide bonds. The number of aliphatic hydroxyl groups excluding tert-OH is 1. The molecule has 1 unspecified atom stereocenters. The van der Waals surface area contributed by atoms with Gasteiger partial charge >= 0.3 is 0 Å². The Labute approximate surface area is 418 Å². The number of pyridine rings is 2. The maximum atomic E-state index is 13.9. The van der Waals surface area contributed by atoms with Gasteiger partial charge in [-0.15, -0.1) is 11.3 Å². The number of nitrogens with one attached hydrogen (secondary N) is 3. The van der Waals surface area contributed by atoms with Crippen LogP contribution in [0.5, 0.6) is 0 Å². The second kappa shape index (κ2) is 26.0. The Balaban J connectivity index is 0.685. The molecule has 0 saturated carbocycles. The number of benzene rings is 1. The lowest BCUT2D eigenvalue weighted by atomic mass is 9.85. The third-order valence-corrected chi connectivity index (χ3v) is 13.2. The number of hydrogen-bond donors (Lipinski definition) is 4. The van der Waals surface area contributed by atoms with E-state index < -0.39 is 35.4 Å². The minimum absolute atomic E-state index is 0.0134. The topological polar surface area (TPSA) is 227 Å². The predicted molar refractivity (Wildman–Crippen MR) is 267 cm³/mol. The fourth-order valence-electron chi connectivity index (χ4n) is 8.48. The molecule has 2 fully saturated rings. The van der Waals surface area contributed by atoms with Crippen molar-refractivity contribution in [2.24, 2.45) is 5.41 Å². The van der Waals surface area contributed by atoms with Crippen LogP contribution < -0.4 is 16.0 Å². The van der Waals surface area contributed by atoms with Crippen LogP contribution in [-0.2, 0) is 44.6 Å². The van der Waals surface area contributed by atoms with Crippen LogP contribution in [0.1, 0.15) is 50.4 Å². The summed E-state index contributed by atoms with van der Waals surface area (Å²) < 4.78 is 30.0. The fourth-order valence-corrected chi connectivity index (χ4v) is 9.29. The van der Waals surface area contributed by atoms with E-state index in [0.29, 0.717) is 51.8 Å². The zero-order valence-electron chi connectivity index (χ0n) is 41.0. The molecule has 1 aromatic carbocycles. The average Bonchev–Trinajstić information content (AvgIpc) is 4.19. The molecule has 6 heterocycles. The first-order valence-electron chi connectivity index (χ1n) is 24.1. The van der Waals surface area contributed by atoms with Crippen molar-refractivity contribution in [2.75, 3.05) is 97.6 Å². The number of thiazole rings is 1. The van der Waals surface area contributed by atoms with Crippen LogP contribution in [0.2, 0.25) is 0 Å². The van der Waals surface area contributed by atoms with Gasteiger partial charge in [-0.3, -0.25) is 23.7 Å². The molecule has 0 aliphatic carbocycles. The molecule has 20 heteroatoms. The van der Waals surface area contributed by atoms with E-state index in [1.54, 1.807) is 29.8 Å². The summed E-state index contributed by atoms with van der Waals surface area (Å²) >= 11 is 1.57. The summed E-state index contributed by atoms with van der Waals surface area (Å²) in [6, 6.07) is 18.0. The molecule has 4 aromatic heterocycles. The van der Waals surface area contributed by atoms with Crippen LogP contribution in [0, 0.1) is 23.7 Å². The number of nitrogens with zero attached hydrogens (tertiary/aromatic N) is 7. The van der Waals surface area contributed by atoms with Gasteiger partial charge in [0.25, 0.3) is 0 Å². The van der Waals surface area contributed by atoms with E-state index in [9.17, 15) is 24.8 Å². The maximum absolute atomic E-state index is 13.9. The molecule has 5 aromatic rings. The van der Waals surface area contributed by atoms with Gasteiger partial charge in [0.1, 0.15) is 36.2 Å². The number of aliphatic hydroxyl groups is 1. The van der Waals surface area contributed by atoms with Gasteiger partial charge in [0.05, 0.1) is 105 Å².